The Morgan fingerprint density at radius 2 is 1.90 bits per heavy atom. The lowest BCUT2D eigenvalue weighted by molar-refractivity contribution is -0.384. The van der Waals surface area contributed by atoms with Crippen molar-refractivity contribution in [3.05, 3.63) is 57.1 Å². The summed E-state index contributed by atoms with van der Waals surface area (Å²) in [6.45, 7) is 1.29. The highest BCUT2D eigenvalue weighted by atomic mass is 35.5. The number of rotatable bonds is 6. The highest BCUT2D eigenvalue weighted by Crippen LogP contribution is 2.31. The topological polar surface area (TPSA) is 110 Å². The minimum Gasteiger partial charge on any atom is -0.339 e. The van der Waals surface area contributed by atoms with Gasteiger partial charge in [-0.15, -0.1) is 11.8 Å². The van der Waals surface area contributed by atoms with E-state index in [1.54, 1.807) is 11.0 Å². The van der Waals surface area contributed by atoms with Crippen LogP contribution in [0.15, 0.2) is 46.2 Å². The van der Waals surface area contributed by atoms with E-state index in [4.69, 9.17) is 11.6 Å². The molecule has 0 aromatic heterocycles. The fraction of sp³-hybridized carbons (Fsp3) is 0.278. The molecule has 11 heteroatoms. The average Bonchev–Trinajstić information content (AvgIpc) is 3.23. The van der Waals surface area contributed by atoms with Crippen LogP contribution in [-0.4, -0.2) is 43.5 Å². The lowest BCUT2D eigenvalue weighted by Gasteiger charge is -2.18. The van der Waals surface area contributed by atoms with Crippen molar-refractivity contribution in [2.24, 2.45) is 0 Å². The van der Waals surface area contributed by atoms with Crippen molar-refractivity contribution in [1.82, 2.24) is 4.90 Å². The van der Waals surface area contributed by atoms with Crippen molar-refractivity contribution in [3.8, 4) is 0 Å². The van der Waals surface area contributed by atoms with Crippen LogP contribution in [0, 0.1) is 10.1 Å². The number of hydrogen-bond acceptors (Lipinski definition) is 6. The second kappa shape index (κ2) is 8.60. The van der Waals surface area contributed by atoms with Crippen LogP contribution in [0.1, 0.15) is 23.2 Å². The Balaban J connectivity index is 1.97. The molecule has 2 aromatic rings. The van der Waals surface area contributed by atoms with Gasteiger partial charge in [-0.3, -0.25) is 19.6 Å². The number of anilines is 1. The van der Waals surface area contributed by atoms with Gasteiger partial charge in [-0.2, -0.15) is 0 Å². The summed E-state index contributed by atoms with van der Waals surface area (Å²) in [5.74, 6) is -0.211. The number of hydrogen-bond donors (Lipinski definition) is 1. The Morgan fingerprint density at radius 1 is 1.21 bits per heavy atom. The van der Waals surface area contributed by atoms with E-state index in [1.807, 2.05) is 6.26 Å². The number of carbonyl (C=O) groups is 1. The molecule has 0 saturated carbocycles. The molecule has 0 aliphatic carbocycles. The second-order valence-electron chi connectivity index (χ2n) is 6.39. The summed E-state index contributed by atoms with van der Waals surface area (Å²) in [7, 11) is -4.12. The first-order chi connectivity index (χ1) is 13.7. The van der Waals surface area contributed by atoms with Crippen molar-refractivity contribution in [1.29, 1.82) is 0 Å². The van der Waals surface area contributed by atoms with Crippen LogP contribution in [0.3, 0.4) is 0 Å². The zero-order valence-corrected chi connectivity index (χ0v) is 17.8. The molecule has 8 nitrogen and oxygen atoms in total. The van der Waals surface area contributed by atoms with Crippen molar-refractivity contribution in [2.45, 2.75) is 22.6 Å². The zero-order chi connectivity index (χ0) is 21.2. The average molecular weight is 456 g/mol. The summed E-state index contributed by atoms with van der Waals surface area (Å²) in [6.07, 6.45) is 3.65. The molecule has 1 N–H and O–H groups in total. The third-order valence-corrected chi connectivity index (χ3v) is 7.00. The number of nitrogens with one attached hydrogen (secondary N) is 1. The number of benzene rings is 2. The third kappa shape index (κ3) is 4.65. The van der Waals surface area contributed by atoms with Gasteiger partial charge in [0, 0.05) is 30.1 Å². The molecular weight excluding hydrogens is 438 g/mol. The van der Waals surface area contributed by atoms with E-state index < -0.39 is 14.9 Å². The highest BCUT2D eigenvalue weighted by Gasteiger charge is 2.25. The first kappa shape index (κ1) is 21.4. The quantitative estimate of drug-likeness (QED) is 0.400. The molecule has 0 bridgehead atoms. The van der Waals surface area contributed by atoms with Gasteiger partial charge in [0.05, 0.1) is 26.1 Å². The van der Waals surface area contributed by atoms with E-state index in [9.17, 15) is 23.3 Å². The maximum absolute atomic E-state index is 12.9. The Bertz CT molecular complexity index is 1070. The van der Waals surface area contributed by atoms with E-state index in [0.717, 1.165) is 18.9 Å². The number of halogens is 1. The van der Waals surface area contributed by atoms with Gasteiger partial charge in [0.1, 0.15) is 0 Å². The SMILES string of the molecule is CSc1ccc(S(=O)(=O)Nc2cc([N+](=O)[O-])ccc2Cl)cc1C(=O)N1CCCC1. The lowest BCUT2D eigenvalue weighted by Crippen LogP contribution is -2.28. The van der Waals surface area contributed by atoms with Gasteiger partial charge in [-0.1, -0.05) is 11.6 Å². The number of carbonyl (C=O) groups excluding carboxylic acids is 1. The molecule has 0 radical (unpaired) electrons. The number of nitro benzene ring substituents is 1. The Kier molecular flexibility index (Phi) is 6.35. The van der Waals surface area contributed by atoms with E-state index in [-0.39, 0.29) is 27.2 Å². The first-order valence-electron chi connectivity index (χ1n) is 8.67. The summed E-state index contributed by atoms with van der Waals surface area (Å²) in [5.41, 5.74) is -0.0932. The van der Waals surface area contributed by atoms with Gasteiger partial charge in [-0.25, -0.2) is 8.42 Å². The fourth-order valence-corrected chi connectivity index (χ4v) is 4.91. The number of likely N-dealkylation sites (tertiary alicyclic amines) is 1. The maximum atomic E-state index is 12.9. The monoisotopic (exact) mass is 455 g/mol. The molecule has 1 aliphatic heterocycles. The van der Waals surface area contributed by atoms with E-state index >= 15 is 0 Å². The Morgan fingerprint density at radius 3 is 2.52 bits per heavy atom. The van der Waals surface area contributed by atoms with Gasteiger partial charge in [0.15, 0.2) is 0 Å². The van der Waals surface area contributed by atoms with Crippen LogP contribution in [0.5, 0.6) is 0 Å². The molecule has 0 atom stereocenters. The normalized spacial score (nSPS) is 14.1. The van der Waals surface area contributed by atoms with Crippen LogP contribution < -0.4 is 4.72 Å². The maximum Gasteiger partial charge on any atom is 0.271 e. The molecule has 0 unspecified atom stereocenters. The Labute approximate surface area is 177 Å². The number of nitrogens with zero attached hydrogens (tertiary/aromatic N) is 2. The smallest absolute Gasteiger partial charge is 0.271 e. The van der Waals surface area contributed by atoms with Crippen LogP contribution in [0.25, 0.3) is 0 Å². The molecule has 1 fully saturated rings. The third-order valence-electron chi connectivity index (χ3n) is 4.51. The summed E-state index contributed by atoms with van der Waals surface area (Å²) < 4.78 is 28.0. The number of thioether (sulfide) groups is 1. The molecule has 3 rings (SSSR count). The Hall–Kier alpha value is -2.30. The highest BCUT2D eigenvalue weighted by molar-refractivity contribution is 7.98. The molecule has 1 amide bonds. The second-order valence-corrected chi connectivity index (χ2v) is 9.33. The molecule has 1 saturated heterocycles. The standard InChI is InChI=1S/C18H18ClN3O5S2/c1-28-17-7-5-13(11-14(17)18(23)21-8-2-3-9-21)29(26,27)20-16-10-12(22(24)25)4-6-15(16)19/h4-7,10-11,20H,2-3,8-9H2,1H3. The molecule has 29 heavy (non-hydrogen) atoms. The predicted octanol–water partition coefficient (Wildman–Crippen LogP) is 4.01. The largest absolute Gasteiger partial charge is 0.339 e. The summed E-state index contributed by atoms with van der Waals surface area (Å²) in [6, 6.07) is 7.78. The van der Waals surface area contributed by atoms with Crippen molar-refractivity contribution in [3.63, 3.8) is 0 Å². The van der Waals surface area contributed by atoms with Crippen LogP contribution in [0.2, 0.25) is 5.02 Å². The first-order valence-corrected chi connectivity index (χ1v) is 11.8. The van der Waals surface area contributed by atoms with E-state index in [0.29, 0.717) is 23.5 Å². The van der Waals surface area contributed by atoms with Gasteiger partial charge in [0.2, 0.25) is 0 Å². The van der Waals surface area contributed by atoms with Crippen LogP contribution >= 0.6 is 23.4 Å². The minimum atomic E-state index is -4.12. The summed E-state index contributed by atoms with van der Waals surface area (Å²) >= 11 is 7.35. The van der Waals surface area contributed by atoms with Crippen molar-refractivity contribution in [2.75, 3.05) is 24.1 Å². The number of nitro groups is 1. The van der Waals surface area contributed by atoms with E-state index in [2.05, 4.69) is 4.72 Å². The molecular formula is C18H18ClN3O5S2. The molecule has 0 spiro atoms. The minimum absolute atomic E-state index is 0.0216. The predicted molar refractivity (Wildman–Crippen MR) is 112 cm³/mol. The van der Waals surface area contributed by atoms with Crippen LogP contribution in [0.4, 0.5) is 11.4 Å². The number of non-ortho nitro benzene ring substituents is 1. The molecule has 1 aliphatic rings. The zero-order valence-electron chi connectivity index (χ0n) is 15.4. The van der Waals surface area contributed by atoms with Gasteiger partial charge in [-0.05, 0) is 43.4 Å². The molecule has 154 valence electrons. The number of sulfonamides is 1. The number of amides is 1. The summed E-state index contributed by atoms with van der Waals surface area (Å²) in [5, 5.41) is 11.0. The van der Waals surface area contributed by atoms with Gasteiger partial charge in [0.25, 0.3) is 21.6 Å². The fourth-order valence-electron chi connectivity index (χ4n) is 3.02. The van der Waals surface area contributed by atoms with Crippen molar-refractivity contribution < 1.29 is 18.1 Å². The van der Waals surface area contributed by atoms with Gasteiger partial charge < -0.3 is 4.90 Å². The molecule has 1 heterocycles. The van der Waals surface area contributed by atoms with Gasteiger partial charge >= 0.3 is 0 Å². The summed E-state index contributed by atoms with van der Waals surface area (Å²) in [4.78, 5) is 25.4. The molecule has 2 aromatic carbocycles. The van der Waals surface area contributed by atoms with Crippen LogP contribution in [-0.2, 0) is 10.0 Å². The lowest BCUT2D eigenvalue weighted by atomic mass is 10.2. The van der Waals surface area contributed by atoms with E-state index in [1.165, 1.54) is 36.0 Å². The van der Waals surface area contributed by atoms with Crippen molar-refractivity contribution >= 4 is 50.7 Å².